The average molecular weight is 285 g/mol. The molecule has 1 rings (SSSR count). The first-order valence-electron chi connectivity index (χ1n) is 7.32. The molecule has 1 aliphatic rings. The first-order chi connectivity index (χ1) is 9.54. The maximum absolute atomic E-state index is 12.0. The highest BCUT2D eigenvalue weighted by Crippen LogP contribution is 2.05. The number of hydrogen-bond acceptors (Lipinski definition) is 4. The van der Waals surface area contributed by atoms with Gasteiger partial charge in [-0.1, -0.05) is 13.8 Å². The number of carbonyl (C=O) groups is 2. The molecule has 116 valence electrons. The summed E-state index contributed by atoms with van der Waals surface area (Å²) >= 11 is 0. The summed E-state index contributed by atoms with van der Waals surface area (Å²) in [6.07, 6.45) is 1.44. The lowest BCUT2D eigenvalue weighted by Crippen LogP contribution is -2.51. The lowest BCUT2D eigenvalue weighted by molar-refractivity contribution is -0.141. The molecule has 6 nitrogen and oxygen atoms in total. The van der Waals surface area contributed by atoms with Gasteiger partial charge in [0.15, 0.2) is 0 Å². The largest absolute Gasteiger partial charge is 0.375 e. The summed E-state index contributed by atoms with van der Waals surface area (Å²) in [5, 5.41) is 3.30. The van der Waals surface area contributed by atoms with E-state index in [-0.39, 0.29) is 18.4 Å². The van der Waals surface area contributed by atoms with Crippen LogP contribution in [-0.2, 0) is 14.3 Å². The van der Waals surface area contributed by atoms with E-state index in [4.69, 9.17) is 4.74 Å². The molecule has 6 heteroatoms. The molecule has 1 saturated heterocycles. The second-order valence-corrected chi connectivity index (χ2v) is 5.41. The second-order valence-electron chi connectivity index (χ2n) is 5.41. The minimum Gasteiger partial charge on any atom is -0.375 e. The summed E-state index contributed by atoms with van der Waals surface area (Å²) in [4.78, 5) is 27.3. The molecule has 1 fully saturated rings. The smallest absolute Gasteiger partial charge is 0.248 e. The molecule has 0 atom stereocenters. The minimum absolute atomic E-state index is 0.000678. The molecule has 1 aliphatic heterocycles. The molecule has 0 unspecified atom stereocenters. The Hall–Kier alpha value is -1.14. The van der Waals surface area contributed by atoms with Crippen LogP contribution < -0.4 is 5.32 Å². The normalized spacial score (nSPS) is 15.8. The van der Waals surface area contributed by atoms with Crippen molar-refractivity contribution in [1.29, 1.82) is 0 Å². The number of nitrogens with zero attached hydrogens (tertiary/aromatic N) is 2. The fraction of sp³-hybridized carbons (Fsp3) is 0.857. The van der Waals surface area contributed by atoms with Crippen molar-refractivity contribution < 1.29 is 14.3 Å². The van der Waals surface area contributed by atoms with Gasteiger partial charge in [-0.25, -0.2) is 0 Å². The van der Waals surface area contributed by atoms with E-state index in [0.29, 0.717) is 38.6 Å². The Labute approximate surface area is 121 Å². The van der Waals surface area contributed by atoms with Crippen LogP contribution >= 0.6 is 0 Å². The summed E-state index contributed by atoms with van der Waals surface area (Å²) in [6.45, 7) is 7.66. The molecule has 0 aliphatic carbocycles. The molecule has 0 aromatic heterocycles. The van der Waals surface area contributed by atoms with Gasteiger partial charge in [-0.15, -0.1) is 0 Å². The zero-order valence-corrected chi connectivity index (χ0v) is 12.9. The third-order valence-corrected chi connectivity index (χ3v) is 3.37. The first kappa shape index (κ1) is 16.9. The fourth-order valence-electron chi connectivity index (χ4n) is 2.21. The molecule has 2 amide bonds. The van der Waals surface area contributed by atoms with Crippen LogP contribution in [0.5, 0.6) is 0 Å². The Bertz CT molecular complexity index is 313. The zero-order chi connectivity index (χ0) is 15.0. The van der Waals surface area contributed by atoms with Crippen molar-refractivity contribution in [2.24, 2.45) is 0 Å². The Kier molecular flexibility index (Phi) is 7.54. The fourth-order valence-corrected chi connectivity index (χ4v) is 2.21. The van der Waals surface area contributed by atoms with Crippen molar-refractivity contribution in [3.8, 4) is 0 Å². The quantitative estimate of drug-likeness (QED) is 0.673. The third kappa shape index (κ3) is 5.88. The van der Waals surface area contributed by atoms with Crippen LogP contribution in [0.1, 0.15) is 26.7 Å². The van der Waals surface area contributed by atoms with E-state index in [2.05, 4.69) is 19.2 Å². The Morgan fingerprint density at radius 3 is 2.15 bits per heavy atom. The number of piperazine rings is 1. The van der Waals surface area contributed by atoms with Crippen LogP contribution in [0.2, 0.25) is 0 Å². The van der Waals surface area contributed by atoms with Gasteiger partial charge in [0.25, 0.3) is 0 Å². The first-order valence-corrected chi connectivity index (χ1v) is 7.32. The Morgan fingerprint density at radius 1 is 1.10 bits per heavy atom. The van der Waals surface area contributed by atoms with Gasteiger partial charge < -0.3 is 19.9 Å². The van der Waals surface area contributed by atoms with Crippen LogP contribution in [-0.4, -0.2) is 74.1 Å². The minimum atomic E-state index is 0.000678. The Morgan fingerprint density at radius 2 is 1.65 bits per heavy atom. The number of methoxy groups -OCH3 is 1. The molecule has 0 aromatic carbocycles. The van der Waals surface area contributed by atoms with Crippen LogP contribution in [0.4, 0.5) is 0 Å². The van der Waals surface area contributed by atoms with Gasteiger partial charge in [0.05, 0.1) is 0 Å². The summed E-state index contributed by atoms with van der Waals surface area (Å²) in [5.41, 5.74) is 0. The van der Waals surface area contributed by atoms with E-state index in [1.54, 1.807) is 4.90 Å². The predicted octanol–water partition coefficient (Wildman–Crippen LogP) is 0.0818. The van der Waals surface area contributed by atoms with E-state index in [1.807, 2.05) is 4.90 Å². The van der Waals surface area contributed by atoms with E-state index in [1.165, 1.54) is 7.11 Å². The number of ether oxygens (including phenoxy) is 1. The summed E-state index contributed by atoms with van der Waals surface area (Å²) in [7, 11) is 1.52. The molecular formula is C14H27N3O3. The van der Waals surface area contributed by atoms with Crippen molar-refractivity contribution in [3.63, 3.8) is 0 Å². The van der Waals surface area contributed by atoms with Crippen molar-refractivity contribution in [3.05, 3.63) is 0 Å². The van der Waals surface area contributed by atoms with Gasteiger partial charge in [-0.3, -0.25) is 9.59 Å². The number of amides is 2. The van der Waals surface area contributed by atoms with E-state index in [9.17, 15) is 9.59 Å². The SMILES string of the molecule is COCC(=O)N1CCN(C(=O)CCCNC(C)C)CC1. The highest BCUT2D eigenvalue weighted by Gasteiger charge is 2.23. The molecule has 1 heterocycles. The van der Waals surface area contributed by atoms with Crippen LogP contribution in [0.25, 0.3) is 0 Å². The van der Waals surface area contributed by atoms with Gasteiger partial charge in [0.2, 0.25) is 11.8 Å². The number of rotatable bonds is 7. The maximum Gasteiger partial charge on any atom is 0.248 e. The number of hydrogen-bond donors (Lipinski definition) is 1. The highest BCUT2D eigenvalue weighted by molar-refractivity contribution is 5.79. The lowest BCUT2D eigenvalue weighted by Gasteiger charge is -2.34. The molecule has 1 N–H and O–H groups in total. The van der Waals surface area contributed by atoms with Gasteiger partial charge >= 0.3 is 0 Å². The van der Waals surface area contributed by atoms with Crippen molar-refractivity contribution in [1.82, 2.24) is 15.1 Å². The molecule has 0 radical (unpaired) electrons. The average Bonchev–Trinajstić information content (AvgIpc) is 2.43. The van der Waals surface area contributed by atoms with Crippen LogP contribution in [0, 0.1) is 0 Å². The molecule has 20 heavy (non-hydrogen) atoms. The number of carbonyl (C=O) groups excluding carboxylic acids is 2. The summed E-state index contributed by atoms with van der Waals surface area (Å²) in [6, 6.07) is 0.459. The number of nitrogens with one attached hydrogen (secondary N) is 1. The monoisotopic (exact) mass is 285 g/mol. The second kappa shape index (κ2) is 8.92. The standard InChI is InChI=1S/C14H27N3O3/c1-12(2)15-6-4-5-13(18)16-7-9-17(10-8-16)14(19)11-20-3/h12,15H,4-11H2,1-3H3. The van der Waals surface area contributed by atoms with Crippen molar-refractivity contribution >= 4 is 11.8 Å². The predicted molar refractivity (Wildman–Crippen MR) is 77.4 cm³/mol. The zero-order valence-electron chi connectivity index (χ0n) is 12.9. The van der Waals surface area contributed by atoms with Gasteiger partial charge in [0, 0.05) is 45.8 Å². The van der Waals surface area contributed by atoms with Crippen LogP contribution in [0.3, 0.4) is 0 Å². The van der Waals surface area contributed by atoms with Gasteiger partial charge in [-0.05, 0) is 13.0 Å². The van der Waals surface area contributed by atoms with Crippen molar-refractivity contribution in [2.75, 3.05) is 46.4 Å². The molecule has 0 aromatic rings. The van der Waals surface area contributed by atoms with E-state index in [0.717, 1.165) is 13.0 Å². The molecular weight excluding hydrogens is 258 g/mol. The van der Waals surface area contributed by atoms with Crippen LogP contribution in [0.15, 0.2) is 0 Å². The molecule has 0 bridgehead atoms. The van der Waals surface area contributed by atoms with Crippen molar-refractivity contribution in [2.45, 2.75) is 32.7 Å². The van der Waals surface area contributed by atoms with Gasteiger partial charge in [0.1, 0.15) is 6.61 Å². The van der Waals surface area contributed by atoms with E-state index >= 15 is 0 Å². The molecule has 0 saturated carbocycles. The summed E-state index contributed by atoms with van der Waals surface area (Å²) < 4.78 is 4.84. The topological polar surface area (TPSA) is 61.9 Å². The Balaban J connectivity index is 2.20. The molecule has 0 spiro atoms. The summed E-state index contributed by atoms with van der Waals surface area (Å²) in [5.74, 6) is 0.190. The third-order valence-electron chi connectivity index (χ3n) is 3.37. The highest BCUT2D eigenvalue weighted by atomic mass is 16.5. The lowest BCUT2D eigenvalue weighted by atomic mass is 10.2. The maximum atomic E-state index is 12.0. The van der Waals surface area contributed by atoms with Gasteiger partial charge in [-0.2, -0.15) is 0 Å². The van der Waals surface area contributed by atoms with E-state index < -0.39 is 0 Å².